The Labute approximate surface area is 199 Å². The van der Waals surface area contributed by atoms with Crippen LogP contribution in [0.5, 0.6) is 28.7 Å². The van der Waals surface area contributed by atoms with Crippen LogP contribution in [-0.4, -0.2) is 27.1 Å². The van der Waals surface area contributed by atoms with Crippen LogP contribution in [0.3, 0.4) is 0 Å². The first-order chi connectivity index (χ1) is 16.5. The molecule has 0 aliphatic carbocycles. The van der Waals surface area contributed by atoms with Gasteiger partial charge in [0.1, 0.15) is 23.9 Å². The molecule has 0 unspecified atom stereocenters. The van der Waals surface area contributed by atoms with Crippen LogP contribution < -0.4 is 23.7 Å². The summed E-state index contributed by atoms with van der Waals surface area (Å²) in [4.78, 5) is 13.1. The third-order valence-corrected chi connectivity index (χ3v) is 5.59. The smallest absolute Gasteiger partial charge is 0.232 e. The van der Waals surface area contributed by atoms with Gasteiger partial charge in [0.2, 0.25) is 5.78 Å². The van der Waals surface area contributed by atoms with Crippen LogP contribution in [-0.2, 0) is 6.61 Å². The molecule has 0 amide bonds. The molecule has 6 heteroatoms. The quantitative estimate of drug-likeness (QED) is 0.394. The maximum absolute atomic E-state index is 13.1. The zero-order chi connectivity index (χ0) is 24.2. The summed E-state index contributed by atoms with van der Waals surface area (Å²) in [5.41, 5.74) is 4.01. The number of ketones is 1. The van der Waals surface area contributed by atoms with Crippen LogP contribution in [0.2, 0.25) is 0 Å². The van der Waals surface area contributed by atoms with Gasteiger partial charge < -0.3 is 23.7 Å². The number of methoxy groups -OCH3 is 3. The lowest BCUT2D eigenvalue weighted by molar-refractivity contribution is 0.101. The summed E-state index contributed by atoms with van der Waals surface area (Å²) in [6.45, 7) is 6.03. The highest BCUT2D eigenvalue weighted by Gasteiger charge is 2.30. The van der Waals surface area contributed by atoms with Gasteiger partial charge in [-0.25, -0.2) is 0 Å². The predicted molar refractivity (Wildman–Crippen MR) is 131 cm³/mol. The van der Waals surface area contributed by atoms with E-state index in [0.717, 1.165) is 16.7 Å². The van der Waals surface area contributed by atoms with Gasteiger partial charge in [-0.2, -0.15) is 0 Å². The fourth-order valence-corrected chi connectivity index (χ4v) is 3.78. The molecule has 1 aliphatic heterocycles. The Balaban J connectivity index is 1.59. The van der Waals surface area contributed by atoms with Crippen LogP contribution in [0.1, 0.15) is 32.6 Å². The molecule has 3 aromatic carbocycles. The van der Waals surface area contributed by atoms with Gasteiger partial charge in [0.05, 0.1) is 26.9 Å². The average molecular weight is 459 g/mol. The van der Waals surface area contributed by atoms with Gasteiger partial charge in [-0.3, -0.25) is 4.79 Å². The number of rotatable bonds is 8. The van der Waals surface area contributed by atoms with Gasteiger partial charge in [-0.15, -0.1) is 0 Å². The highest BCUT2D eigenvalue weighted by Crippen LogP contribution is 2.40. The van der Waals surface area contributed by atoms with Gasteiger partial charge in [0, 0.05) is 17.7 Å². The molecule has 0 aromatic heterocycles. The van der Waals surface area contributed by atoms with Gasteiger partial charge in [-0.05, 0) is 41.8 Å². The van der Waals surface area contributed by atoms with Crippen LogP contribution in [0.15, 0.2) is 60.9 Å². The lowest BCUT2D eigenvalue weighted by atomic mass is 10.0. The Hall–Kier alpha value is -4.19. The van der Waals surface area contributed by atoms with E-state index in [4.69, 9.17) is 23.7 Å². The second-order valence-corrected chi connectivity index (χ2v) is 7.74. The number of benzene rings is 3. The van der Waals surface area contributed by atoms with Crippen molar-refractivity contribution in [2.24, 2.45) is 0 Å². The minimum absolute atomic E-state index is 0.195. The second kappa shape index (κ2) is 9.75. The van der Waals surface area contributed by atoms with Crippen LogP contribution in [0.4, 0.5) is 0 Å². The molecule has 0 atom stereocenters. The van der Waals surface area contributed by atoms with Crippen molar-refractivity contribution in [2.45, 2.75) is 13.5 Å². The number of carbonyl (C=O) groups excluding carboxylic acids is 1. The molecule has 0 radical (unpaired) electrons. The monoisotopic (exact) mass is 458 g/mol. The molecule has 0 saturated carbocycles. The molecule has 0 fully saturated rings. The molecule has 1 heterocycles. The molecular weight excluding hydrogens is 432 g/mol. The van der Waals surface area contributed by atoms with E-state index in [0.29, 0.717) is 46.5 Å². The van der Waals surface area contributed by atoms with Crippen molar-refractivity contribution in [1.82, 2.24) is 0 Å². The Bertz CT molecular complexity index is 1270. The molecule has 3 aromatic rings. The van der Waals surface area contributed by atoms with Crippen molar-refractivity contribution in [3.8, 4) is 28.7 Å². The van der Waals surface area contributed by atoms with E-state index in [1.807, 2.05) is 37.3 Å². The molecule has 4 rings (SSSR count). The normalized spacial score (nSPS) is 13.3. The Morgan fingerprint density at radius 3 is 2.24 bits per heavy atom. The summed E-state index contributed by atoms with van der Waals surface area (Å²) in [6, 6.07) is 15.0. The number of allylic oxidation sites excluding steroid dienone is 1. The van der Waals surface area contributed by atoms with Gasteiger partial charge >= 0.3 is 0 Å². The molecule has 34 heavy (non-hydrogen) atoms. The van der Waals surface area contributed by atoms with E-state index >= 15 is 0 Å². The predicted octanol–water partition coefficient (Wildman–Crippen LogP) is 5.86. The van der Waals surface area contributed by atoms with Crippen molar-refractivity contribution in [3.05, 3.63) is 88.7 Å². The lowest BCUT2D eigenvalue weighted by Gasteiger charge is -2.12. The molecule has 6 nitrogen and oxygen atoms in total. The summed E-state index contributed by atoms with van der Waals surface area (Å²) in [5, 5.41) is 0. The van der Waals surface area contributed by atoms with Crippen LogP contribution in [0, 0.1) is 6.92 Å². The number of fused-ring (bicyclic) bond motifs is 1. The summed E-state index contributed by atoms with van der Waals surface area (Å²) in [7, 11) is 4.65. The number of aryl methyl sites for hydroxylation is 1. The van der Waals surface area contributed by atoms with Crippen molar-refractivity contribution < 1.29 is 28.5 Å². The van der Waals surface area contributed by atoms with E-state index in [-0.39, 0.29) is 11.5 Å². The first-order valence-electron chi connectivity index (χ1n) is 10.7. The van der Waals surface area contributed by atoms with Crippen LogP contribution in [0.25, 0.3) is 12.2 Å². The van der Waals surface area contributed by atoms with Crippen molar-refractivity contribution in [2.75, 3.05) is 21.3 Å². The van der Waals surface area contributed by atoms with Crippen molar-refractivity contribution >= 4 is 17.9 Å². The van der Waals surface area contributed by atoms with Gasteiger partial charge in [0.15, 0.2) is 17.3 Å². The standard InChI is InChI=1S/C28H26O6/c1-6-18-7-9-19(10-8-18)16-33-21-11-17(2)27-25(14-21)34-26(28(27)29)13-20-12-23(31-4)24(32-5)15-22(20)30-3/h6-15H,1,16H2,2-5H3/b26-13-. The zero-order valence-corrected chi connectivity index (χ0v) is 19.6. The molecule has 174 valence electrons. The second-order valence-electron chi connectivity index (χ2n) is 7.74. The molecule has 0 spiro atoms. The Kier molecular flexibility index (Phi) is 6.59. The van der Waals surface area contributed by atoms with Crippen molar-refractivity contribution in [1.29, 1.82) is 0 Å². The van der Waals surface area contributed by atoms with Crippen molar-refractivity contribution in [3.63, 3.8) is 0 Å². The van der Waals surface area contributed by atoms with E-state index in [9.17, 15) is 4.79 Å². The summed E-state index contributed by atoms with van der Waals surface area (Å²) in [6.07, 6.45) is 3.44. The minimum Gasteiger partial charge on any atom is -0.496 e. The van der Waals surface area contributed by atoms with E-state index in [1.165, 1.54) is 0 Å². The largest absolute Gasteiger partial charge is 0.496 e. The highest BCUT2D eigenvalue weighted by molar-refractivity contribution is 6.15. The third kappa shape index (κ3) is 4.48. The zero-order valence-electron chi connectivity index (χ0n) is 19.6. The topological polar surface area (TPSA) is 63.2 Å². The summed E-state index contributed by atoms with van der Waals surface area (Å²) < 4.78 is 28.1. The SMILES string of the molecule is C=Cc1ccc(COc2cc(C)c3c(c2)O/C(=C\c2cc(OC)c(OC)cc2OC)C3=O)cc1. The molecule has 0 N–H and O–H groups in total. The van der Waals surface area contributed by atoms with Crippen LogP contribution >= 0.6 is 0 Å². The highest BCUT2D eigenvalue weighted by atomic mass is 16.5. The van der Waals surface area contributed by atoms with E-state index in [2.05, 4.69) is 6.58 Å². The number of carbonyl (C=O) groups is 1. The summed E-state index contributed by atoms with van der Waals surface area (Å²) >= 11 is 0. The van der Waals surface area contributed by atoms with Gasteiger partial charge in [-0.1, -0.05) is 36.9 Å². The molecule has 0 bridgehead atoms. The molecule has 1 aliphatic rings. The Morgan fingerprint density at radius 2 is 1.59 bits per heavy atom. The number of Topliss-reactive ketones (excluding diaryl/α,β-unsaturated/α-hetero) is 1. The number of ether oxygens (including phenoxy) is 5. The maximum Gasteiger partial charge on any atom is 0.232 e. The first kappa shape index (κ1) is 23.0. The third-order valence-electron chi connectivity index (χ3n) is 5.59. The summed E-state index contributed by atoms with van der Waals surface area (Å²) in [5.74, 6) is 2.67. The molecular formula is C28H26O6. The fraction of sp³-hybridized carbons (Fsp3) is 0.179. The average Bonchev–Trinajstić information content (AvgIpc) is 3.17. The van der Waals surface area contributed by atoms with E-state index in [1.54, 1.807) is 51.7 Å². The Morgan fingerprint density at radius 1 is 0.912 bits per heavy atom. The van der Waals surface area contributed by atoms with E-state index < -0.39 is 0 Å². The molecule has 0 saturated heterocycles. The number of hydrogen-bond donors (Lipinski definition) is 0. The van der Waals surface area contributed by atoms with Gasteiger partial charge in [0.25, 0.3) is 0 Å². The fourth-order valence-electron chi connectivity index (χ4n) is 3.78. The minimum atomic E-state index is -0.198. The number of hydrogen-bond acceptors (Lipinski definition) is 6. The first-order valence-corrected chi connectivity index (χ1v) is 10.7. The lowest BCUT2D eigenvalue weighted by Crippen LogP contribution is -2.01. The maximum atomic E-state index is 13.1.